The van der Waals surface area contributed by atoms with Gasteiger partial charge in [0.2, 0.25) is 0 Å². The molecule has 1 saturated carbocycles. The molecule has 0 saturated heterocycles. The summed E-state index contributed by atoms with van der Waals surface area (Å²) in [6.07, 6.45) is 4.94. The molecule has 0 aromatic heterocycles. The van der Waals surface area contributed by atoms with E-state index in [0.717, 1.165) is 18.2 Å². The minimum Gasteiger partial charge on any atom is -0.432 e. The zero-order chi connectivity index (χ0) is 15.4. The van der Waals surface area contributed by atoms with E-state index in [4.69, 9.17) is 23.2 Å². The van der Waals surface area contributed by atoms with E-state index in [-0.39, 0.29) is 15.8 Å². The van der Waals surface area contributed by atoms with E-state index < -0.39 is 6.61 Å². The van der Waals surface area contributed by atoms with Crippen LogP contribution in [0, 0.1) is 11.8 Å². The van der Waals surface area contributed by atoms with Crippen molar-refractivity contribution >= 4 is 28.9 Å². The second kappa shape index (κ2) is 7.50. The van der Waals surface area contributed by atoms with E-state index >= 15 is 0 Å². The van der Waals surface area contributed by atoms with Gasteiger partial charge in [0.25, 0.3) is 0 Å². The summed E-state index contributed by atoms with van der Waals surface area (Å²) in [5.74, 6) is 1.28. The third-order valence-electron chi connectivity index (χ3n) is 3.94. The fourth-order valence-electron chi connectivity index (χ4n) is 2.66. The molecule has 2 rings (SSSR count). The van der Waals surface area contributed by atoms with Gasteiger partial charge in [0.05, 0.1) is 10.0 Å². The van der Waals surface area contributed by atoms with Gasteiger partial charge < -0.3 is 10.1 Å². The lowest BCUT2D eigenvalue weighted by atomic mass is 9.83. The Morgan fingerprint density at radius 2 is 1.76 bits per heavy atom. The number of ether oxygens (including phenoxy) is 1. The van der Waals surface area contributed by atoms with Crippen LogP contribution < -0.4 is 10.1 Å². The highest BCUT2D eigenvalue weighted by Crippen LogP contribution is 2.37. The van der Waals surface area contributed by atoms with Crippen LogP contribution >= 0.6 is 23.2 Å². The average Bonchev–Trinajstić information content (AvgIpc) is 2.42. The number of hydrogen-bond acceptors (Lipinski definition) is 2. The van der Waals surface area contributed by atoms with Gasteiger partial charge in [-0.25, -0.2) is 0 Å². The van der Waals surface area contributed by atoms with Gasteiger partial charge in [0.1, 0.15) is 0 Å². The van der Waals surface area contributed by atoms with Crippen molar-refractivity contribution in [2.45, 2.75) is 39.2 Å². The molecule has 2 nitrogen and oxygen atoms in total. The first-order valence-corrected chi connectivity index (χ1v) is 7.89. The summed E-state index contributed by atoms with van der Waals surface area (Å²) < 4.78 is 28.8. The van der Waals surface area contributed by atoms with Crippen LogP contribution in [-0.4, -0.2) is 13.2 Å². The van der Waals surface area contributed by atoms with Crippen LogP contribution in [0.4, 0.5) is 14.5 Å². The van der Waals surface area contributed by atoms with Gasteiger partial charge in [-0.3, -0.25) is 0 Å². The highest BCUT2D eigenvalue weighted by Gasteiger charge is 2.19. The fraction of sp³-hybridized carbons (Fsp3) is 0.600. The van der Waals surface area contributed by atoms with Crippen LogP contribution in [0.15, 0.2) is 12.1 Å². The summed E-state index contributed by atoms with van der Waals surface area (Å²) in [5.41, 5.74) is 0.727. The topological polar surface area (TPSA) is 21.3 Å². The first-order valence-electron chi connectivity index (χ1n) is 7.13. The first kappa shape index (κ1) is 16.6. The Morgan fingerprint density at radius 1 is 1.19 bits per heavy atom. The monoisotopic (exact) mass is 337 g/mol. The Hall–Kier alpha value is -0.740. The molecule has 1 aliphatic carbocycles. The third kappa shape index (κ3) is 4.89. The number of benzene rings is 1. The third-order valence-corrected chi connectivity index (χ3v) is 4.50. The number of alkyl halides is 2. The number of hydrogen-bond donors (Lipinski definition) is 1. The van der Waals surface area contributed by atoms with E-state index in [9.17, 15) is 8.78 Å². The van der Waals surface area contributed by atoms with Gasteiger partial charge in [0, 0.05) is 12.2 Å². The molecular weight excluding hydrogens is 319 g/mol. The molecule has 0 atom stereocenters. The fourth-order valence-corrected chi connectivity index (χ4v) is 3.24. The molecule has 1 aliphatic rings. The quantitative estimate of drug-likeness (QED) is 0.729. The van der Waals surface area contributed by atoms with Gasteiger partial charge in [-0.15, -0.1) is 0 Å². The lowest BCUT2D eigenvalue weighted by Gasteiger charge is -2.26. The molecule has 21 heavy (non-hydrogen) atoms. The van der Waals surface area contributed by atoms with Crippen LogP contribution in [0.5, 0.6) is 5.75 Å². The zero-order valence-corrected chi connectivity index (χ0v) is 13.4. The molecule has 1 fully saturated rings. The molecule has 0 unspecified atom stereocenters. The van der Waals surface area contributed by atoms with E-state index in [1.165, 1.54) is 25.7 Å². The van der Waals surface area contributed by atoms with Crippen molar-refractivity contribution in [3.8, 4) is 5.75 Å². The Bertz CT molecular complexity index is 454. The minimum absolute atomic E-state index is 0.0857. The van der Waals surface area contributed by atoms with Gasteiger partial charge in [0.15, 0.2) is 5.75 Å². The molecule has 0 spiro atoms. The van der Waals surface area contributed by atoms with Crippen LogP contribution in [0.2, 0.25) is 10.0 Å². The van der Waals surface area contributed by atoms with Crippen LogP contribution in [0.25, 0.3) is 0 Å². The van der Waals surface area contributed by atoms with E-state index in [1.807, 2.05) is 0 Å². The molecule has 0 radical (unpaired) electrons. The van der Waals surface area contributed by atoms with Crippen molar-refractivity contribution in [3.05, 3.63) is 22.2 Å². The summed E-state index contributed by atoms with van der Waals surface area (Å²) in [7, 11) is 0. The minimum atomic E-state index is -2.94. The predicted molar refractivity (Wildman–Crippen MR) is 82.7 cm³/mol. The maximum Gasteiger partial charge on any atom is 0.387 e. The van der Waals surface area contributed by atoms with Crippen molar-refractivity contribution in [2.24, 2.45) is 11.8 Å². The van der Waals surface area contributed by atoms with Gasteiger partial charge in [-0.2, -0.15) is 8.78 Å². The van der Waals surface area contributed by atoms with Gasteiger partial charge in [-0.05, 0) is 36.8 Å². The van der Waals surface area contributed by atoms with Crippen LogP contribution in [0.1, 0.15) is 32.6 Å². The molecule has 0 bridgehead atoms. The number of nitrogens with one attached hydrogen (secondary N) is 1. The Balaban J connectivity index is 1.95. The lowest BCUT2D eigenvalue weighted by Crippen LogP contribution is -2.20. The molecule has 1 N–H and O–H groups in total. The van der Waals surface area contributed by atoms with E-state index in [0.29, 0.717) is 5.92 Å². The molecule has 0 heterocycles. The SMILES string of the molecule is CC1CCC(CNc2cc(Cl)c(OC(F)F)c(Cl)c2)CC1. The van der Waals surface area contributed by atoms with Crippen LogP contribution in [0.3, 0.4) is 0 Å². The van der Waals surface area contributed by atoms with E-state index in [1.54, 1.807) is 12.1 Å². The maximum atomic E-state index is 12.2. The van der Waals surface area contributed by atoms with E-state index in [2.05, 4.69) is 17.0 Å². The van der Waals surface area contributed by atoms with Crippen molar-refractivity contribution < 1.29 is 13.5 Å². The molecular formula is C15H19Cl2F2NO. The number of anilines is 1. The normalized spacial score (nSPS) is 22.4. The second-order valence-electron chi connectivity index (χ2n) is 5.65. The average molecular weight is 338 g/mol. The number of rotatable bonds is 5. The molecule has 1 aromatic rings. The Morgan fingerprint density at radius 3 is 2.29 bits per heavy atom. The standard InChI is InChI=1S/C15H19Cl2F2NO/c1-9-2-4-10(5-3-9)8-20-11-6-12(16)14(13(17)7-11)21-15(18)19/h6-7,9-10,15,20H,2-5,8H2,1H3. The molecule has 118 valence electrons. The predicted octanol–water partition coefficient (Wildman–Crippen LogP) is 5.83. The highest BCUT2D eigenvalue weighted by atomic mass is 35.5. The molecule has 6 heteroatoms. The highest BCUT2D eigenvalue weighted by molar-refractivity contribution is 6.37. The van der Waals surface area contributed by atoms with Crippen molar-refractivity contribution in [3.63, 3.8) is 0 Å². The summed E-state index contributed by atoms with van der Waals surface area (Å²) in [6, 6.07) is 3.13. The van der Waals surface area contributed by atoms with Crippen molar-refractivity contribution in [1.82, 2.24) is 0 Å². The van der Waals surface area contributed by atoms with Crippen molar-refractivity contribution in [2.75, 3.05) is 11.9 Å². The molecule has 0 aliphatic heterocycles. The first-order chi connectivity index (χ1) is 9.95. The van der Waals surface area contributed by atoms with Gasteiger partial charge in [-0.1, -0.05) is 43.0 Å². The van der Waals surface area contributed by atoms with Gasteiger partial charge >= 0.3 is 6.61 Å². The maximum absolute atomic E-state index is 12.2. The smallest absolute Gasteiger partial charge is 0.387 e. The largest absolute Gasteiger partial charge is 0.432 e. The Labute approximate surface area is 133 Å². The molecule has 1 aromatic carbocycles. The zero-order valence-electron chi connectivity index (χ0n) is 11.8. The summed E-state index contributed by atoms with van der Waals surface area (Å²) in [5, 5.41) is 3.45. The lowest BCUT2D eigenvalue weighted by molar-refractivity contribution is -0.0497. The van der Waals surface area contributed by atoms with Crippen molar-refractivity contribution in [1.29, 1.82) is 0 Å². The molecule has 0 amide bonds. The summed E-state index contributed by atoms with van der Waals surface area (Å²) in [4.78, 5) is 0. The van der Waals surface area contributed by atoms with Crippen LogP contribution in [-0.2, 0) is 0 Å². The summed E-state index contributed by atoms with van der Waals surface area (Å²) >= 11 is 11.9. The number of halogens is 4. The Kier molecular flexibility index (Phi) is 5.94. The summed E-state index contributed by atoms with van der Waals surface area (Å²) in [6.45, 7) is 0.183. The second-order valence-corrected chi connectivity index (χ2v) is 6.47.